The summed E-state index contributed by atoms with van der Waals surface area (Å²) in [5.41, 5.74) is 6.41. The predicted molar refractivity (Wildman–Crippen MR) is 81.2 cm³/mol. The summed E-state index contributed by atoms with van der Waals surface area (Å²) < 4.78 is 6.76. The molecular formula is C14H14BrNOS. The second-order valence-corrected chi connectivity index (χ2v) is 5.69. The highest BCUT2D eigenvalue weighted by Gasteiger charge is 1.99. The third-order valence-electron chi connectivity index (χ3n) is 2.30. The Balaban J connectivity index is 1.78. The molecule has 0 aromatic heterocycles. The van der Waals surface area contributed by atoms with Gasteiger partial charge in [0, 0.05) is 26.9 Å². The molecule has 0 saturated heterocycles. The molecule has 0 aliphatic carbocycles. The Morgan fingerprint density at radius 3 is 2.72 bits per heavy atom. The van der Waals surface area contributed by atoms with Gasteiger partial charge in [-0.15, -0.1) is 11.8 Å². The number of ether oxygens (including phenoxy) is 1. The first kappa shape index (κ1) is 13.3. The number of nitrogens with two attached hydrogens (primary N) is 1. The van der Waals surface area contributed by atoms with Gasteiger partial charge < -0.3 is 10.5 Å². The number of rotatable bonds is 5. The maximum atomic E-state index is 5.68. The third kappa shape index (κ3) is 3.96. The van der Waals surface area contributed by atoms with Crippen LogP contribution in [0, 0.1) is 0 Å². The standard InChI is InChI=1S/C14H14BrNOS/c15-13-6-1-2-7-14(13)18-9-8-17-12-5-3-4-11(16)10-12/h1-7,10H,8-9,16H2. The molecule has 0 fully saturated rings. The van der Waals surface area contributed by atoms with E-state index in [-0.39, 0.29) is 0 Å². The number of benzene rings is 2. The molecule has 2 N–H and O–H groups in total. The van der Waals surface area contributed by atoms with Crippen molar-refractivity contribution in [3.8, 4) is 5.75 Å². The minimum atomic E-state index is 0.662. The molecule has 0 spiro atoms. The predicted octanol–water partition coefficient (Wildman–Crippen LogP) is 4.20. The van der Waals surface area contributed by atoms with E-state index < -0.39 is 0 Å². The maximum Gasteiger partial charge on any atom is 0.121 e. The van der Waals surface area contributed by atoms with E-state index in [2.05, 4.69) is 22.0 Å². The molecule has 0 aliphatic heterocycles. The van der Waals surface area contributed by atoms with Crippen molar-refractivity contribution in [2.45, 2.75) is 4.90 Å². The zero-order valence-electron chi connectivity index (χ0n) is 9.80. The SMILES string of the molecule is Nc1cccc(OCCSc2ccccc2Br)c1. The number of anilines is 1. The molecule has 0 saturated carbocycles. The zero-order chi connectivity index (χ0) is 12.8. The van der Waals surface area contributed by atoms with Crippen LogP contribution in [0.3, 0.4) is 0 Å². The number of nitrogen functional groups attached to an aromatic ring is 1. The van der Waals surface area contributed by atoms with Gasteiger partial charge in [-0.25, -0.2) is 0 Å². The van der Waals surface area contributed by atoms with Gasteiger partial charge in [-0.05, 0) is 40.2 Å². The summed E-state index contributed by atoms with van der Waals surface area (Å²) in [4.78, 5) is 1.23. The van der Waals surface area contributed by atoms with Crippen LogP contribution in [0.4, 0.5) is 5.69 Å². The van der Waals surface area contributed by atoms with Crippen LogP contribution in [-0.2, 0) is 0 Å². The van der Waals surface area contributed by atoms with E-state index in [4.69, 9.17) is 10.5 Å². The lowest BCUT2D eigenvalue weighted by molar-refractivity contribution is 0.344. The van der Waals surface area contributed by atoms with Crippen molar-refractivity contribution < 1.29 is 4.74 Å². The van der Waals surface area contributed by atoms with E-state index in [1.807, 2.05) is 42.5 Å². The normalized spacial score (nSPS) is 10.3. The summed E-state index contributed by atoms with van der Waals surface area (Å²) >= 11 is 5.29. The van der Waals surface area contributed by atoms with Crippen molar-refractivity contribution in [3.05, 3.63) is 53.0 Å². The van der Waals surface area contributed by atoms with E-state index in [1.54, 1.807) is 11.8 Å². The van der Waals surface area contributed by atoms with Crippen LogP contribution in [0.5, 0.6) is 5.75 Å². The number of halogens is 1. The first-order valence-electron chi connectivity index (χ1n) is 5.61. The summed E-state index contributed by atoms with van der Waals surface area (Å²) in [5, 5.41) is 0. The molecule has 2 rings (SSSR count). The monoisotopic (exact) mass is 323 g/mol. The zero-order valence-corrected chi connectivity index (χ0v) is 12.2. The van der Waals surface area contributed by atoms with E-state index >= 15 is 0 Å². The quantitative estimate of drug-likeness (QED) is 0.508. The lowest BCUT2D eigenvalue weighted by Gasteiger charge is -2.07. The lowest BCUT2D eigenvalue weighted by Crippen LogP contribution is -2.00. The molecule has 0 bridgehead atoms. The highest BCUT2D eigenvalue weighted by Crippen LogP contribution is 2.26. The molecule has 0 radical (unpaired) electrons. The second-order valence-electron chi connectivity index (χ2n) is 3.70. The minimum absolute atomic E-state index is 0.662. The molecule has 94 valence electrons. The van der Waals surface area contributed by atoms with Gasteiger partial charge in [0.2, 0.25) is 0 Å². The highest BCUT2D eigenvalue weighted by molar-refractivity contribution is 9.10. The van der Waals surface area contributed by atoms with Gasteiger partial charge in [0.1, 0.15) is 5.75 Å². The fourth-order valence-electron chi connectivity index (χ4n) is 1.48. The maximum absolute atomic E-state index is 5.68. The number of hydrogen-bond donors (Lipinski definition) is 1. The van der Waals surface area contributed by atoms with Crippen LogP contribution >= 0.6 is 27.7 Å². The van der Waals surface area contributed by atoms with Crippen molar-refractivity contribution in [1.82, 2.24) is 0 Å². The molecule has 18 heavy (non-hydrogen) atoms. The highest BCUT2D eigenvalue weighted by atomic mass is 79.9. The number of hydrogen-bond acceptors (Lipinski definition) is 3. The Kier molecular flexibility index (Phi) is 4.96. The van der Waals surface area contributed by atoms with E-state index in [0.29, 0.717) is 6.61 Å². The first-order valence-corrected chi connectivity index (χ1v) is 7.39. The molecule has 2 aromatic rings. The van der Waals surface area contributed by atoms with Crippen molar-refractivity contribution in [3.63, 3.8) is 0 Å². The lowest BCUT2D eigenvalue weighted by atomic mass is 10.3. The summed E-state index contributed by atoms with van der Waals surface area (Å²) in [6.07, 6.45) is 0. The topological polar surface area (TPSA) is 35.2 Å². The van der Waals surface area contributed by atoms with E-state index in [0.717, 1.165) is 21.7 Å². The molecular weight excluding hydrogens is 310 g/mol. The van der Waals surface area contributed by atoms with E-state index in [9.17, 15) is 0 Å². The van der Waals surface area contributed by atoms with Gasteiger partial charge in [0.15, 0.2) is 0 Å². The van der Waals surface area contributed by atoms with Gasteiger partial charge in [-0.3, -0.25) is 0 Å². The molecule has 0 aliphatic rings. The van der Waals surface area contributed by atoms with Crippen molar-refractivity contribution in [2.24, 2.45) is 0 Å². The van der Waals surface area contributed by atoms with Crippen LogP contribution in [0.1, 0.15) is 0 Å². The molecule has 2 nitrogen and oxygen atoms in total. The smallest absolute Gasteiger partial charge is 0.121 e. The van der Waals surface area contributed by atoms with Crippen molar-refractivity contribution in [2.75, 3.05) is 18.1 Å². The average Bonchev–Trinajstić information content (AvgIpc) is 2.37. The number of thioether (sulfide) groups is 1. The molecule has 2 aromatic carbocycles. The molecule has 4 heteroatoms. The summed E-state index contributed by atoms with van der Waals surface area (Å²) in [5.74, 6) is 1.72. The Morgan fingerprint density at radius 2 is 1.94 bits per heavy atom. The molecule has 0 heterocycles. The van der Waals surface area contributed by atoms with Crippen LogP contribution in [0.25, 0.3) is 0 Å². The van der Waals surface area contributed by atoms with Crippen LogP contribution in [-0.4, -0.2) is 12.4 Å². The molecule has 0 unspecified atom stereocenters. The minimum Gasteiger partial charge on any atom is -0.493 e. The third-order valence-corrected chi connectivity index (χ3v) is 4.30. The molecule has 0 amide bonds. The largest absolute Gasteiger partial charge is 0.493 e. The summed E-state index contributed by atoms with van der Waals surface area (Å²) in [6, 6.07) is 15.7. The van der Waals surface area contributed by atoms with Gasteiger partial charge in [0.05, 0.1) is 6.61 Å². The Morgan fingerprint density at radius 1 is 1.11 bits per heavy atom. The summed E-state index contributed by atoms with van der Waals surface area (Å²) in [7, 11) is 0. The average molecular weight is 324 g/mol. The fraction of sp³-hybridized carbons (Fsp3) is 0.143. The van der Waals surface area contributed by atoms with Crippen LogP contribution in [0.2, 0.25) is 0 Å². The van der Waals surface area contributed by atoms with Crippen LogP contribution < -0.4 is 10.5 Å². The van der Waals surface area contributed by atoms with Gasteiger partial charge in [0.25, 0.3) is 0 Å². The molecule has 0 atom stereocenters. The van der Waals surface area contributed by atoms with Gasteiger partial charge >= 0.3 is 0 Å². The Labute approximate surface area is 120 Å². The second kappa shape index (κ2) is 6.71. The summed E-state index contributed by atoms with van der Waals surface area (Å²) in [6.45, 7) is 0.662. The van der Waals surface area contributed by atoms with Crippen molar-refractivity contribution in [1.29, 1.82) is 0 Å². The van der Waals surface area contributed by atoms with Crippen molar-refractivity contribution >= 4 is 33.4 Å². The first-order chi connectivity index (χ1) is 8.75. The van der Waals surface area contributed by atoms with Gasteiger partial charge in [-0.1, -0.05) is 18.2 Å². The Bertz CT molecular complexity index is 519. The fourth-order valence-corrected chi connectivity index (χ4v) is 2.87. The van der Waals surface area contributed by atoms with Crippen LogP contribution in [0.15, 0.2) is 57.9 Å². The van der Waals surface area contributed by atoms with E-state index in [1.165, 1.54) is 4.90 Å². The van der Waals surface area contributed by atoms with Gasteiger partial charge in [-0.2, -0.15) is 0 Å². The Hall–Kier alpha value is -1.13.